The summed E-state index contributed by atoms with van der Waals surface area (Å²) in [6, 6.07) is 14.2. The van der Waals surface area contributed by atoms with Gasteiger partial charge in [0.15, 0.2) is 0 Å². The largest absolute Gasteiger partial charge is 0.489 e. The van der Waals surface area contributed by atoms with Crippen molar-refractivity contribution in [3.63, 3.8) is 0 Å². The Kier molecular flexibility index (Phi) is 6.07. The van der Waals surface area contributed by atoms with Crippen molar-refractivity contribution in [1.82, 2.24) is 5.32 Å². The van der Waals surface area contributed by atoms with E-state index in [1.54, 1.807) is 0 Å². The maximum absolute atomic E-state index is 5.97. The fourth-order valence-corrected chi connectivity index (χ4v) is 2.67. The van der Waals surface area contributed by atoms with E-state index < -0.39 is 0 Å². The Morgan fingerprint density at radius 2 is 1.85 bits per heavy atom. The molecule has 4 heteroatoms. The smallest absolute Gasteiger partial charge is 0.124 e. The highest BCUT2D eigenvalue weighted by atomic mass is 79.9. The summed E-state index contributed by atoms with van der Waals surface area (Å²) in [5.41, 5.74) is 2.30. The van der Waals surface area contributed by atoms with Crippen LogP contribution in [0, 0.1) is 0 Å². The van der Waals surface area contributed by atoms with Crippen LogP contribution in [0.2, 0.25) is 0 Å². The van der Waals surface area contributed by atoms with Crippen LogP contribution in [-0.4, -0.2) is 6.54 Å². The van der Waals surface area contributed by atoms with Crippen LogP contribution in [0.15, 0.2) is 51.4 Å². The zero-order valence-electron chi connectivity index (χ0n) is 11.3. The van der Waals surface area contributed by atoms with E-state index in [1.807, 2.05) is 30.3 Å². The summed E-state index contributed by atoms with van der Waals surface area (Å²) in [6.45, 7) is 4.40. The molecular weight excluding hydrogens is 382 g/mol. The van der Waals surface area contributed by atoms with Crippen molar-refractivity contribution in [3.8, 4) is 5.75 Å². The van der Waals surface area contributed by atoms with Gasteiger partial charge < -0.3 is 10.1 Å². The van der Waals surface area contributed by atoms with Crippen LogP contribution in [0.1, 0.15) is 18.1 Å². The summed E-state index contributed by atoms with van der Waals surface area (Å²) < 4.78 is 8.11. The normalized spacial score (nSPS) is 10.6. The Morgan fingerprint density at radius 1 is 1.05 bits per heavy atom. The van der Waals surface area contributed by atoms with E-state index in [1.165, 1.54) is 0 Å². The molecular formula is C16H17Br2NO. The minimum absolute atomic E-state index is 0.558. The number of benzene rings is 2. The van der Waals surface area contributed by atoms with Crippen LogP contribution in [0.3, 0.4) is 0 Å². The van der Waals surface area contributed by atoms with Gasteiger partial charge in [0.2, 0.25) is 0 Å². The predicted octanol–water partition coefficient (Wildman–Crippen LogP) is 4.90. The third-order valence-corrected chi connectivity index (χ3v) is 4.20. The minimum Gasteiger partial charge on any atom is -0.489 e. The monoisotopic (exact) mass is 397 g/mol. The maximum atomic E-state index is 5.97. The Morgan fingerprint density at radius 3 is 2.60 bits per heavy atom. The lowest BCUT2D eigenvalue weighted by atomic mass is 10.2. The summed E-state index contributed by atoms with van der Waals surface area (Å²) in [6.07, 6.45) is 0. The second kappa shape index (κ2) is 7.81. The topological polar surface area (TPSA) is 21.3 Å². The van der Waals surface area contributed by atoms with E-state index in [-0.39, 0.29) is 0 Å². The lowest BCUT2D eigenvalue weighted by Gasteiger charge is -2.13. The maximum Gasteiger partial charge on any atom is 0.124 e. The molecule has 20 heavy (non-hydrogen) atoms. The predicted molar refractivity (Wildman–Crippen MR) is 90.0 cm³/mol. The van der Waals surface area contributed by atoms with Gasteiger partial charge in [0.1, 0.15) is 12.4 Å². The molecule has 0 bridgehead atoms. The lowest BCUT2D eigenvalue weighted by molar-refractivity contribution is 0.301. The van der Waals surface area contributed by atoms with E-state index in [4.69, 9.17) is 4.74 Å². The van der Waals surface area contributed by atoms with Gasteiger partial charge >= 0.3 is 0 Å². The molecule has 2 rings (SSSR count). The first-order valence-corrected chi connectivity index (χ1v) is 8.14. The van der Waals surface area contributed by atoms with Crippen molar-refractivity contribution in [1.29, 1.82) is 0 Å². The summed E-state index contributed by atoms with van der Waals surface area (Å²) in [5.74, 6) is 0.921. The molecule has 2 aromatic rings. The van der Waals surface area contributed by atoms with Gasteiger partial charge in [0, 0.05) is 26.6 Å². The van der Waals surface area contributed by atoms with Crippen LogP contribution in [0.25, 0.3) is 0 Å². The van der Waals surface area contributed by atoms with Crippen LogP contribution in [0.5, 0.6) is 5.75 Å². The molecule has 0 unspecified atom stereocenters. The van der Waals surface area contributed by atoms with Gasteiger partial charge in [-0.3, -0.25) is 0 Å². The fourth-order valence-electron chi connectivity index (χ4n) is 1.86. The number of ether oxygens (including phenoxy) is 1. The van der Waals surface area contributed by atoms with Crippen LogP contribution >= 0.6 is 31.9 Å². The highest BCUT2D eigenvalue weighted by Crippen LogP contribution is 2.25. The van der Waals surface area contributed by atoms with E-state index >= 15 is 0 Å². The molecule has 0 amide bonds. The van der Waals surface area contributed by atoms with Crippen molar-refractivity contribution in [2.45, 2.75) is 20.1 Å². The Hall–Kier alpha value is -0.840. The molecule has 0 fully saturated rings. The summed E-state index contributed by atoms with van der Waals surface area (Å²) in [4.78, 5) is 0. The molecule has 0 saturated carbocycles. The van der Waals surface area contributed by atoms with Gasteiger partial charge in [-0.1, -0.05) is 57.0 Å². The van der Waals surface area contributed by atoms with Gasteiger partial charge in [-0.25, -0.2) is 0 Å². The molecule has 0 aliphatic rings. The fraction of sp³-hybridized carbons (Fsp3) is 0.250. The second-order valence-corrected chi connectivity index (χ2v) is 6.18. The van der Waals surface area contributed by atoms with Crippen LogP contribution in [-0.2, 0) is 13.2 Å². The molecule has 0 atom stereocenters. The number of halogens is 2. The number of hydrogen-bond donors (Lipinski definition) is 1. The van der Waals surface area contributed by atoms with Gasteiger partial charge in [-0.15, -0.1) is 0 Å². The standard InChI is InChI=1S/C16H17Br2NO/c1-2-19-10-13-9-14(17)7-8-16(13)20-11-12-5-3-4-6-15(12)18/h3-9,19H,2,10-11H2,1H3. The summed E-state index contributed by atoms with van der Waals surface area (Å²) in [5, 5.41) is 3.33. The molecule has 0 aliphatic carbocycles. The Balaban J connectivity index is 2.10. The second-order valence-electron chi connectivity index (χ2n) is 4.41. The van der Waals surface area contributed by atoms with Gasteiger partial charge in [0.25, 0.3) is 0 Å². The molecule has 0 aromatic heterocycles. The molecule has 0 aliphatic heterocycles. The first-order valence-electron chi connectivity index (χ1n) is 6.56. The quantitative estimate of drug-likeness (QED) is 0.747. The molecule has 2 nitrogen and oxygen atoms in total. The summed E-state index contributed by atoms with van der Waals surface area (Å²) in [7, 11) is 0. The molecule has 0 radical (unpaired) electrons. The molecule has 106 valence electrons. The van der Waals surface area contributed by atoms with E-state index in [9.17, 15) is 0 Å². The minimum atomic E-state index is 0.558. The third kappa shape index (κ3) is 4.33. The van der Waals surface area contributed by atoms with Crippen molar-refractivity contribution in [2.75, 3.05) is 6.54 Å². The average Bonchev–Trinajstić information content (AvgIpc) is 2.45. The van der Waals surface area contributed by atoms with E-state index in [0.29, 0.717) is 6.61 Å². The number of nitrogens with one attached hydrogen (secondary N) is 1. The van der Waals surface area contributed by atoms with E-state index in [0.717, 1.165) is 38.9 Å². The lowest BCUT2D eigenvalue weighted by Crippen LogP contribution is -2.13. The molecule has 2 aromatic carbocycles. The highest BCUT2D eigenvalue weighted by molar-refractivity contribution is 9.10. The first-order chi connectivity index (χ1) is 9.70. The molecule has 1 N–H and O–H groups in total. The van der Waals surface area contributed by atoms with Crippen molar-refractivity contribution in [3.05, 3.63) is 62.5 Å². The van der Waals surface area contributed by atoms with Crippen molar-refractivity contribution < 1.29 is 4.74 Å². The highest BCUT2D eigenvalue weighted by Gasteiger charge is 2.06. The van der Waals surface area contributed by atoms with Crippen LogP contribution in [0.4, 0.5) is 0 Å². The van der Waals surface area contributed by atoms with Gasteiger partial charge in [0.05, 0.1) is 0 Å². The SMILES string of the molecule is CCNCc1cc(Br)ccc1OCc1ccccc1Br. The van der Waals surface area contributed by atoms with Crippen LogP contribution < -0.4 is 10.1 Å². The van der Waals surface area contributed by atoms with Gasteiger partial charge in [-0.05, 0) is 30.8 Å². The Bertz CT molecular complexity index is 572. The number of hydrogen-bond acceptors (Lipinski definition) is 2. The first kappa shape index (κ1) is 15.5. The molecule has 0 spiro atoms. The number of rotatable bonds is 6. The zero-order valence-corrected chi connectivity index (χ0v) is 14.5. The van der Waals surface area contributed by atoms with Crippen molar-refractivity contribution >= 4 is 31.9 Å². The molecule has 0 heterocycles. The van der Waals surface area contributed by atoms with Gasteiger partial charge in [-0.2, -0.15) is 0 Å². The summed E-state index contributed by atoms with van der Waals surface area (Å²) >= 11 is 7.05. The third-order valence-electron chi connectivity index (χ3n) is 2.93. The zero-order chi connectivity index (χ0) is 14.4. The van der Waals surface area contributed by atoms with E-state index in [2.05, 4.69) is 56.2 Å². The average molecular weight is 399 g/mol. The Labute approximate surface area is 136 Å². The molecule has 0 saturated heterocycles. The van der Waals surface area contributed by atoms with Crippen molar-refractivity contribution in [2.24, 2.45) is 0 Å².